The Hall–Kier alpha value is -1.06. The SMILES string of the molecule is CCC(CC)N(C)Cc1cc(CN)ccc1OC. The van der Waals surface area contributed by atoms with Crippen LogP contribution in [-0.4, -0.2) is 25.1 Å². The summed E-state index contributed by atoms with van der Waals surface area (Å²) >= 11 is 0. The van der Waals surface area contributed by atoms with E-state index in [0.29, 0.717) is 12.6 Å². The standard InChI is InChI=1S/C15H26N2O/c1-5-14(6-2)17(3)11-13-9-12(10-16)7-8-15(13)18-4/h7-9,14H,5-6,10-11,16H2,1-4H3. The van der Waals surface area contributed by atoms with Gasteiger partial charge in [-0.3, -0.25) is 4.90 Å². The summed E-state index contributed by atoms with van der Waals surface area (Å²) < 4.78 is 5.43. The number of hydrogen-bond acceptors (Lipinski definition) is 3. The lowest BCUT2D eigenvalue weighted by molar-refractivity contribution is 0.219. The Morgan fingerprint density at radius 1 is 1.28 bits per heavy atom. The zero-order valence-electron chi connectivity index (χ0n) is 12.1. The van der Waals surface area contributed by atoms with Crippen LogP contribution in [0.2, 0.25) is 0 Å². The number of rotatable bonds is 7. The highest BCUT2D eigenvalue weighted by atomic mass is 16.5. The van der Waals surface area contributed by atoms with Gasteiger partial charge < -0.3 is 10.5 Å². The Morgan fingerprint density at radius 3 is 2.44 bits per heavy atom. The lowest BCUT2D eigenvalue weighted by Gasteiger charge is -2.27. The molecule has 0 aliphatic heterocycles. The highest BCUT2D eigenvalue weighted by molar-refractivity contribution is 5.37. The van der Waals surface area contributed by atoms with Gasteiger partial charge in [-0.25, -0.2) is 0 Å². The van der Waals surface area contributed by atoms with Gasteiger partial charge in [-0.05, 0) is 37.6 Å². The van der Waals surface area contributed by atoms with Crippen molar-refractivity contribution in [3.63, 3.8) is 0 Å². The van der Waals surface area contributed by atoms with Crippen molar-refractivity contribution in [3.05, 3.63) is 29.3 Å². The normalized spacial score (nSPS) is 11.3. The Morgan fingerprint density at radius 2 is 1.94 bits per heavy atom. The molecule has 0 atom stereocenters. The van der Waals surface area contributed by atoms with Crippen LogP contribution < -0.4 is 10.5 Å². The average molecular weight is 250 g/mol. The van der Waals surface area contributed by atoms with Crippen molar-refractivity contribution >= 4 is 0 Å². The van der Waals surface area contributed by atoms with E-state index in [9.17, 15) is 0 Å². The molecule has 1 rings (SSSR count). The van der Waals surface area contributed by atoms with Crippen molar-refractivity contribution in [2.75, 3.05) is 14.2 Å². The molecule has 3 heteroatoms. The number of hydrogen-bond donors (Lipinski definition) is 1. The molecule has 0 radical (unpaired) electrons. The first-order valence-corrected chi connectivity index (χ1v) is 6.72. The van der Waals surface area contributed by atoms with Crippen LogP contribution in [0.3, 0.4) is 0 Å². The van der Waals surface area contributed by atoms with Gasteiger partial charge in [-0.1, -0.05) is 19.9 Å². The fraction of sp³-hybridized carbons (Fsp3) is 0.600. The molecule has 2 N–H and O–H groups in total. The van der Waals surface area contributed by atoms with Crippen LogP contribution in [0.5, 0.6) is 5.75 Å². The van der Waals surface area contributed by atoms with Gasteiger partial charge in [0.25, 0.3) is 0 Å². The second kappa shape index (κ2) is 7.39. The van der Waals surface area contributed by atoms with Crippen molar-refractivity contribution in [1.29, 1.82) is 0 Å². The van der Waals surface area contributed by atoms with Crippen molar-refractivity contribution in [3.8, 4) is 5.75 Å². The van der Waals surface area contributed by atoms with Gasteiger partial charge in [0, 0.05) is 24.7 Å². The minimum absolute atomic E-state index is 0.575. The summed E-state index contributed by atoms with van der Waals surface area (Å²) in [6.07, 6.45) is 2.35. The van der Waals surface area contributed by atoms with Crippen LogP contribution in [0.15, 0.2) is 18.2 Å². The molecular formula is C15H26N2O. The monoisotopic (exact) mass is 250 g/mol. The molecule has 0 aliphatic carbocycles. The topological polar surface area (TPSA) is 38.5 Å². The summed E-state index contributed by atoms with van der Waals surface area (Å²) in [5.74, 6) is 0.949. The Labute approximate surface area is 111 Å². The van der Waals surface area contributed by atoms with Crippen molar-refractivity contribution in [2.45, 2.75) is 45.8 Å². The van der Waals surface area contributed by atoms with Gasteiger partial charge in [-0.2, -0.15) is 0 Å². The molecule has 3 nitrogen and oxygen atoms in total. The van der Waals surface area contributed by atoms with Crippen LogP contribution in [0, 0.1) is 0 Å². The molecule has 0 spiro atoms. The zero-order valence-corrected chi connectivity index (χ0v) is 12.1. The molecule has 0 saturated heterocycles. The van der Waals surface area contributed by atoms with E-state index in [4.69, 9.17) is 10.5 Å². The maximum Gasteiger partial charge on any atom is 0.123 e. The molecule has 0 unspecified atom stereocenters. The molecule has 0 heterocycles. The first kappa shape index (κ1) is 15.0. The number of nitrogens with zero attached hydrogens (tertiary/aromatic N) is 1. The molecule has 0 saturated carbocycles. The Balaban J connectivity index is 2.87. The molecular weight excluding hydrogens is 224 g/mol. The maximum atomic E-state index is 5.70. The molecule has 102 valence electrons. The minimum atomic E-state index is 0.575. The van der Waals surface area contributed by atoms with Crippen LogP contribution in [0.4, 0.5) is 0 Å². The van der Waals surface area contributed by atoms with Gasteiger partial charge in [0.15, 0.2) is 0 Å². The lowest BCUT2D eigenvalue weighted by atomic mass is 10.1. The van der Waals surface area contributed by atoms with E-state index in [-0.39, 0.29) is 0 Å². The fourth-order valence-electron chi connectivity index (χ4n) is 2.39. The fourth-order valence-corrected chi connectivity index (χ4v) is 2.39. The van der Waals surface area contributed by atoms with Crippen LogP contribution in [0.1, 0.15) is 37.8 Å². The second-order valence-corrected chi connectivity index (χ2v) is 4.74. The molecule has 0 aromatic heterocycles. The highest BCUT2D eigenvalue weighted by Gasteiger charge is 2.13. The third kappa shape index (κ3) is 3.72. The van der Waals surface area contributed by atoms with E-state index >= 15 is 0 Å². The van der Waals surface area contributed by atoms with E-state index in [1.54, 1.807) is 7.11 Å². The van der Waals surface area contributed by atoms with E-state index in [0.717, 1.165) is 17.9 Å². The predicted octanol–water partition coefficient (Wildman–Crippen LogP) is 2.77. The Bertz CT molecular complexity index is 362. The van der Waals surface area contributed by atoms with Gasteiger partial charge in [-0.15, -0.1) is 0 Å². The lowest BCUT2D eigenvalue weighted by Crippen LogP contribution is -2.30. The number of ether oxygens (including phenoxy) is 1. The summed E-state index contributed by atoms with van der Waals surface area (Å²) in [6.45, 7) is 5.95. The van der Waals surface area contributed by atoms with Gasteiger partial charge in [0.1, 0.15) is 5.75 Å². The highest BCUT2D eigenvalue weighted by Crippen LogP contribution is 2.22. The molecule has 0 aliphatic rings. The number of nitrogens with two attached hydrogens (primary N) is 1. The van der Waals surface area contributed by atoms with Crippen molar-refractivity contribution in [2.24, 2.45) is 5.73 Å². The smallest absolute Gasteiger partial charge is 0.123 e. The summed E-state index contributed by atoms with van der Waals surface area (Å²) in [7, 11) is 3.89. The second-order valence-electron chi connectivity index (χ2n) is 4.74. The minimum Gasteiger partial charge on any atom is -0.496 e. The first-order chi connectivity index (χ1) is 8.65. The number of benzene rings is 1. The van der Waals surface area contributed by atoms with Crippen molar-refractivity contribution in [1.82, 2.24) is 4.90 Å². The van der Waals surface area contributed by atoms with Gasteiger partial charge in [0.05, 0.1) is 7.11 Å². The molecule has 1 aromatic rings. The van der Waals surface area contributed by atoms with Crippen LogP contribution in [0.25, 0.3) is 0 Å². The predicted molar refractivity (Wildman–Crippen MR) is 76.7 cm³/mol. The van der Waals surface area contributed by atoms with Crippen LogP contribution >= 0.6 is 0 Å². The Kier molecular flexibility index (Phi) is 6.16. The summed E-state index contributed by atoms with van der Waals surface area (Å²) in [4.78, 5) is 2.39. The quantitative estimate of drug-likeness (QED) is 0.808. The summed E-state index contributed by atoms with van der Waals surface area (Å²) in [5.41, 5.74) is 8.07. The van der Waals surface area contributed by atoms with E-state index in [1.165, 1.54) is 18.4 Å². The molecule has 0 amide bonds. The van der Waals surface area contributed by atoms with E-state index in [2.05, 4.69) is 31.9 Å². The first-order valence-electron chi connectivity index (χ1n) is 6.72. The zero-order chi connectivity index (χ0) is 13.5. The largest absolute Gasteiger partial charge is 0.496 e. The van der Waals surface area contributed by atoms with Gasteiger partial charge >= 0.3 is 0 Å². The van der Waals surface area contributed by atoms with E-state index in [1.807, 2.05) is 12.1 Å². The third-order valence-corrected chi connectivity index (χ3v) is 3.57. The molecule has 0 bridgehead atoms. The molecule has 0 fully saturated rings. The number of methoxy groups -OCH3 is 1. The third-order valence-electron chi connectivity index (χ3n) is 3.57. The van der Waals surface area contributed by atoms with Crippen molar-refractivity contribution < 1.29 is 4.74 Å². The molecule has 1 aromatic carbocycles. The van der Waals surface area contributed by atoms with Gasteiger partial charge in [0.2, 0.25) is 0 Å². The van der Waals surface area contributed by atoms with E-state index < -0.39 is 0 Å². The maximum absolute atomic E-state index is 5.70. The molecule has 18 heavy (non-hydrogen) atoms. The average Bonchev–Trinajstić information content (AvgIpc) is 2.40. The summed E-state index contributed by atoms with van der Waals surface area (Å²) in [6, 6.07) is 6.81. The summed E-state index contributed by atoms with van der Waals surface area (Å²) in [5, 5.41) is 0. The van der Waals surface area contributed by atoms with Crippen LogP contribution in [-0.2, 0) is 13.1 Å².